The number of nitrogens with one attached hydrogen (secondary N) is 1. The van der Waals surface area contributed by atoms with Crippen LogP contribution in [0, 0.1) is 5.95 Å². The normalized spacial score (nSPS) is 11.6. The largest absolute Gasteiger partial charge is 0.497 e. The van der Waals surface area contributed by atoms with Crippen LogP contribution in [0.3, 0.4) is 0 Å². The maximum atomic E-state index is 13.5. The van der Waals surface area contributed by atoms with Crippen LogP contribution >= 0.6 is 11.6 Å². The second kappa shape index (κ2) is 9.75. The molecule has 2 aromatic carbocycles. The number of carbonyl (C=O) groups is 1. The Morgan fingerprint density at radius 2 is 1.70 bits per heavy atom. The lowest BCUT2D eigenvalue weighted by atomic mass is 10.1. The van der Waals surface area contributed by atoms with Crippen LogP contribution in [0.5, 0.6) is 5.75 Å². The summed E-state index contributed by atoms with van der Waals surface area (Å²) in [5.41, 5.74) is 2.86. The van der Waals surface area contributed by atoms with E-state index in [4.69, 9.17) is 16.3 Å². The van der Waals surface area contributed by atoms with Crippen molar-refractivity contribution in [2.75, 3.05) is 7.11 Å². The second-order valence-electron chi connectivity index (χ2n) is 7.30. The summed E-state index contributed by atoms with van der Waals surface area (Å²) in [6, 6.07) is 18.5. The number of hydrogen-bond donors (Lipinski definition) is 1. The van der Waals surface area contributed by atoms with Crippen molar-refractivity contribution in [3.8, 4) is 28.4 Å². The van der Waals surface area contributed by atoms with Crippen molar-refractivity contribution < 1.29 is 13.9 Å². The van der Waals surface area contributed by atoms with Crippen LogP contribution in [0.4, 0.5) is 4.39 Å². The molecular formula is C25H20ClFN4O2. The van der Waals surface area contributed by atoms with E-state index in [1.165, 1.54) is 12.3 Å². The molecule has 0 aliphatic carbocycles. The zero-order valence-corrected chi connectivity index (χ0v) is 18.7. The Hall–Kier alpha value is -3.84. The highest BCUT2D eigenvalue weighted by atomic mass is 35.5. The summed E-state index contributed by atoms with van der Waals surface area (Å²) in [4.78, 5) is 25.8. The molecular weight excluding hydrogens is 443 g/mol. The zero-order chi connectivity index (χ0) is 23.4. The summed E-state index contributed by atoms with van der Waals surface area (Å²) in [6.45, 7) is 1.76. The molecule has 1 atom stereocenters. The Kier molecular flexibility index (Phi) is 6.60. The van der Waals surface area contributed by atoms with Gasteiger partial charge in [0.2, 0.25) is 5.95 Å². The van der Waals surface area contributed by atoms with Crippen molar-refractivity contribution in [3.05, 3.63) is 95.2 Å². The summed E-state index contributed by atoms with van der Waals surface area (Å²) >= 11 is 6.02. The average molecular weight is 463 g/mol. The molecule has 2 heterocycles. The standard InChI is InChI=1S/C25H20ClFN4O2/c1-15(18-11-12-28-23(27)13-18)29-25(32)22-14-21(16-3-7-19(26)8-4-16)30-24(31-22)17-5-9-20(33-2)10-6-17/h3-15H,1-2H3,(H,29,32)/t15-/m0/s1. The van der Waals surface area contributed by atoms with Gasteiger partial charge in [0.25, 0.3) is 5.91 Å². The Morgan fingerprint density at radius 3 is 2.36 bits per heavy atom. The molecule has 6 nitrogen and oxygen atoms in total. The number of amides is 1. The van der Waals surface area contributed by atoms with E-state index in [-0.39, 0.29) is 5.69 Å². The number of ether oxygens (including phenoxy) is 1. The summed E-state index contributed by atoms with van der Waals surface area (Å²) in [5.74, 6) is 0.0661. The van der Waals surface area contributed by atoms with Gasteiger partial charge in [0, 0.05) is 22.3 Å². The lowest BCUT2D eigenvalue weighted by molar-refractivity contribution is 0.0934. The Balaban J connectivity index is 1.71. The highest BCUT2D eigenvalue weighted by molar-refractivity contribution is 6.30. The average Bonchev–Trinajstić information content (AvgIpc) is 2.84. The predicted molar refractivity (Wildman–Crippen MR) is 125 cm³/mol. The minimum absolute atomic E-state index is 0.183. The van der Waals surface area contributed by atoms with Gasteiger partial charge < -0.3 is 10.1 Å². The van der Waals surface area contributed by atoms with Crippen molar-refractivity contribution >= 4 is 17.5 Å². The van der Waals surface area contributed by atoms with Crippen molar-refractivity contribution in [1.29, 1.82) is 0 Å². The predicted octanol–water partition coefficient (Wildman–Crippen LogP) is 5.50. The van der Waals surface area contributed by atoms with Crippen LogP contribution in [0.1, 0.15) is 29.0 Å². The molecule has 0 spiro atoms. The lowest BCUT2D eigenvalue weighted by Gasteiger charge is -2.15. The quantitative estimate of drug-likeness (QED) is 0.383. The van der Waals surface area contributed by atoms with Crippen LogP contribution in [0.2, 0.25) is 5.02 Å². The Labute approximate surface area is 195 Å². The molecule has 4 rings (SSSR count). The third kappa shape index (κ3) is 5.32. The van der Waals surface area contributed by atoms with Gasteiger partial charge >= 0.3 is 0 Å². The summed E-state index contributed by atoms with van der Waals surface area (Å²) in [5, 5.41) is 3.46. The smallest absolute Gasteiger partial charge is 0.270 e. The maximum Gasteiger partial charge on any atom is 0.270 e. The molecule has 0 aliphatic heterocycles. The molecule has 0 saturated carbocycles. The first-order chi connectivity index (χ1) is 15.9. The molecule has 1 N–H and O–H groups in total. The van der Waals surface area contributed by atoms with Gasteiger partial charge in [-0.05, 0) is 67.1 Å². The number of aromatic nitrogens is 3. The zero-order valence-electron chi connectivity index (χ0n) is 17.9. The number of rotatable bonds is 6. The number of carbonyl (C=O) groups excluding carboxylic acids is 1. The van der Waals surface area contributed by atoms with Crippen LogP contribution in [0.15, 0.2) is 72.9 Å². The number of hydrogen-bond acceptors (Lipinski definition) is 5. The monoisotopic (exact) mass is 462 g/mol. The van der Waals surface area contributed by atoms with Gasteiger partial charge in [-0.3, -0.25) is 4.79 Å². The summed E-state index contributed by atoms with van der Waals surface area (Å²) in [6.07, 6.45) is 1.36. The topological polar surface area (TPSA) is 77.0 Å². The van der Waals surface area contributed by atoms with E-state index in [1.807, 2.05) is 24.3 Å². The Bertz CT molecular complexity index is 1280. The van der Waals surface area contributed by atoms with Gasteiger partial charge in [-0.25, -0.2) is 15.0 Å². The van der Waals surface area contributed by atoms with Gasteiger partial charge in [-0.2, -0.15) is 4.39 Å². The van der Waals surface area contributed by atoms with E-state index >= 15 is 0 Å². The SMILES string of the molecule is COc1ccc(-c2nc(C(=O)N[C@@H](C)c3ccnc(F)c3)cc(-c3ccc(Cl)cc3)n2)cc1. The van der Waals surface area contributed by atoms with Crippen LogP contribution < -0.4 is 10.1 Å². The minimum atomic E-state index is -0.609. The molecule has 0 fully saturated rings. The molecule has 8 heteroatoms. The fraction of sp³-hybridized carbons (Fsp3) is 0.120. The van der Waals surface area contributed by atoms with Gasteiger partial charge in [0.05, 0.1) is 18.8 Å². The van der Waals surface area contributed by atoms with Crippen molar-refractivity contribution in [2.24, 2.45) is 0 Å². The lowest BCUT2D eigenvalue weighted by Crippen LogP contribution is -2.28. The summed E-state index contributed by atoms with van der Waals surface area (Å²) in [7, 11) is 1.59. The molecule has 0 unspecified atom stereocenters. The molecule has 0 radical (unpaired) electrons. The van der Waals surface area contributed by atoms with Gasteiger partial charge in [0.15, 0.2) is 5.82 Å². The van der Waals surface area contributed by atoms with Crippen molar-refractivity contribution in [3.63, 3.8) is 0 Å². The van der Waals surface area contributed by atoms with E-state index in [2.05, 4.69) is 20.3 Å². The molecule has 0 saturated heterocycles. The van der Waals surface area contributed by atoms with Gasteiger partial charge in [-0.15, -0.1) is 0 Å². The molecule has 4 aromatic rings. The van der Waals surface area contributed by atoms with E-state index in [0.29, 0.717) is 27.9 Å². The molecule has 33 heavy (non-hydrogen) atoms. The number of halogens is 2. The fourth-order valence-electron chi connectivity index (χ4n) is 3.24. The van der Waals surface area contributed by atoms with Crippen molar-refractivity contribution in [1.82, 2.24) is 20.3 Å². The van der Waals surface area contributed by atoms with Crippen LogP contribution in [-0.2, 0) is 0 Å². The number of benzene rings is 2. The highest BCUT2D eigenvalue weighted by Gasteiger charge is 2.17. The third-order valence-corrected chi connectivity index (χ3v) is 5.30. The number of pyridine rings is 1. The molecule has 1 amide bonds. The number of methoxy groups -OCH3 is 1. The minimum Gasteiger partial charge on any atom is -0.497 e. The molecule has 0 bridgehead atoms. The van der Waals surface area contributed by atoms with E-state index in [9.17, 15) is 9.18 Å². The molecule has 166 valence electrons. The van der Waals surface area contributed by atoms with E-state index < -0.39 is 17.9 Å². The van der Waals surface area contributed by atoms with Crippen LogP contribution in [0.25, 0.3) is 22.6 Å². The Morgan fingerprint density at radius 1 is 1.00 bits per heavy atom. The van der Waals surface area contributed by atoms with E-state index in [0.717, 1.165) is 11.1 Å². The first-order valence-electron chi connectivity index (χ1n) is 10.1. The van der Waals surface area contributed by atoms with Gasteiger partial charge in [0.1, 0.15) is 11.4 Å². The fourth-order valence-corrected chi connectivity index (χ4v) is 3.37. The van der Waals surface area contributed by atoms with E-state index in [1.54, 1.807) is 50.4 Å². The first-order valence-corrected chi connectivity index (χ1v) is 10.5. The summed E-state index contributed by atoms with van der Waals surface area (Å²) < 4.78 is 18.7. The molecule has 2 aromatic heterocycles. The highest BCUT2D eigenvalue weighted by Crippen LogP contribution is 2.25. The third-order valence-electron chi connectivity index (χ3n) is 5.05. The second-order valence-corrected chi connectivity index (χ2v) is 7.74. The van der Waals surface area contributed by atoms with Crippen LogP contribution in [-0.4, -0.2) is 28.0 Å². The maximum absolute atomic E-state index is 13.5. The molecule has 0 aliphatic rings. The van der Waals surface area contributed by atoms with Gasteiger partial charge in [-0.1, -0.05) is 23.7 Å². The van der Waals surface area contributed by atoms with Crippen molar-refractivity contribution in [2.45, 2.75) is 13.0 Å². The number of nitrogens with zero attached hydrogens (tertiary/aromatic N) is 3. The first kappa shape index (κ1) is 22.4.